The first-order valence-corrected chi connectivity index (χ1v) is 5.53. The smallest absolute Gasteiger partial charge is 0.127 e. The number of nitrogens with one attached hydrogen (secondary N) is 1. The van der Waals surface area contributed by atoms with Crippen LogP contribution in [0.3, 0.4) is 0 Å². The maximum Gasteiger partial charge on any atom is 0.127 e. The van der Waals surface area contributed by atoms with Gasteiger partial charge >= 0.3 is 0 Å². The highest BCUT2D eigenvalue weighted by molar-refractivity contribution is 7.80. The Morgan fingerprint density at radius 2 is 2.12 bits per heavy atom. The Morgan fingerprint density at radius 1 is 1.50 bits per heavy atom. The summed E-state index contributed by atoms with van der Waals surface area (Å²) in [4.78, 5) is 0.544. The Hall–Kier alpha value is -1.07. The summed E-state index contributed by atoms with van der Waals surface area (Å²) >= 11 is 5.22. The molecule has 1 heterocycles. The van der Waals surface area contributed by atoms with E-state index in [1.54, 1.807) is 13.0 Å². The van der Waals surface area contributed by atoms with Crippen molar-refractivity contribution >= 4 is 17.2 Å². The second kappa shape index (κ2) is 4.84. The van der Waals surface area contributed by atoms with Crippen molar-refractivity contribution in [2.45, 2.75) is 39.3 Å². The van der Waals surface area contributed by atoms with Crippen molar-refractivity contribution in [1.82, 2.24) is 15.5 Å². The topological polar surface area (TPSA) is 58.0 Å². The van der Waals surface area contributed by atoms with Gasteiger partial charge < -0.3 is 10.4 Å². The van der Waals surface area contributed by atoms with E-state index in [2.05, 4.69) is 15.5 Å². The number of hydrogen-bond acceptors (Lipinski definition) is 4. The minimum atomic E-state index is -0.563. The second-order valence-electron chi connectivity index (χ2n) is 4.75. The standard InChI is InChI=1S/C11H17N3OS/c1-7(15)8-5-9(14-12-6-8)10(16)13-11(2,3)4/h5-7,15H,1-4H3,(H,13,16). The van der Waals surface area contributed by atoms with Crippen LogP contribution in [-0.4, -0.2) is 25.8 Å². The molecule has 1 rings (SSSR count). The van der Waals surface area contributed by atoms with Crippen LogP contribution in [0.4, 0.5) is 0 Å². The normalized spacial score (nSPS) is 13.3. The van der Waals surface area contributed by atoms with Crippen LogP contribution in [0.2, 0.25) is 0 Å². The number of nitrogens with zero attached hydrogens (tertiary/aromatic N) is 2. The maximum absolute atomic E-state index is 9.43. The molecule has 0 aromatic carbocycles. The average molecular weight is 239 g/mol. The van der Waals surface area contributed by atoms with Crippen LogP contribution in [0, 0.1) is 0 Å². The van der Waals surface area contributed by atoms with Crippen molar-refractivity contribution in [3.63, 3.8) is 0 Å². The Bertz CT molecular complexity index is 385. The molecule has 2 N–H and O–H groups in total. The van der Waals surface area contributed by atoms with Crippen molar-refractivity contribution in [3.8, 4) is 0 Å². The maximum atomic E-state index is 9.43. The summed E-state index contributed by atoms with van der Waals surface area (Å²) in [6.07, 6.45) is 0.972. The molecule has 1 unspecified atom stereocenters. The number of aliphatic hydroxyl groups excluding tert-OH is 1. The third-order valence-corrected chi connectivity index (χ3v) is 2.19. The van der Waals surface area contributed by atoms with Gasteiger partial charge in [0.2, 0.25) is 0 Å². The van der Waals surface area contributed by atoms with E-state index in [1.165, 1.54) is 6.20 Å². The number of rotatable bonds is 2. The molecular formula is C11H17N3OS. The van der Waals surface area contributed by atoms with Gasteiger partial charge in [-0.1, -0.05) is 12.2 Å². The summed E-state index contributed by atoms with van der Waals surface area (Å²) in [6.45, 7) is 7.74. The fourth-order valence-corrected chi connectivity index (χ4v) is 1.53. The molecule has 88 valence electrons. The molecule has 5 heteroatoms. The molecule has 1 aromatic rings. The fraction of sp³-hybridized carbons (Fsp3) is 0.545. The third-order valence-electron chi connectivity index (χ3n) is 1.88. The van der Waals surface area contributed by atoms with Crippen LogP contribution in [0.25, 0.3) is 0 Å². The molecule has 0 aliphatic carbocycles. The summed E-state index contributed by atoms with van der Waals surface area (Å²) in [5.74, 6) is 0. The van der Waals surface area contributed by atoms with Crippen molar-refractivity contribution < 1.29 is 5.11 Å². The third kappa shape index (κ3) is 3.83. The van der Waals surface area contributed by atoms with E-state index in [0.717, 1.165) is 0 Å². The highest BCUT2D eigenvalue weighted by Crippen LogP contribution is 2.11. The Labute approximate surface area is 101 Å². The van der Waals surface area contributed by atoms with Crippen LogP contribution in [0.5, 0.6) is 0 Å². The highest BCUT2D eigenvalue weighted by Gasteiger charge is 2.14. The monoisotopic (exact) mass is 239 g/mol. The first-order valence-electron chi connectivity index (χ1n) is 5.13. The van der Waals surface area contributed by atoms with Crippen LogP contribution < -0.4 is 5.32 Å². The lowest BCUT2D eigenvalue weighted by atomic mass is 10.1. The van der Waals surface area contributed by atoms with Crippen molar-refractivity contribution in [3.05, 3.63) is 23.5 Å². The molecule has 16 heavy (non-hydrogen) atoms. The predicted octanol–water partition coefficient (Wildman–Crippen LogP) is 1.59. The van der Waals surface area contributed by atoms with E-state index in [0.29, 0.717) is 16.2 Å². The molecule has 0 saturated carbocycles. The minimum Gasteiger partial charge on any atom is -0.389 e. The first-order chi connectivity index (χ1) is 7.29. The number of aromatic nitrogens is 2. The molecule has 0 bridgehead atoms. The van der Waals surface area contributed by atoms with Gasteiger partial charge in [0.05, 0.1) is 12.3 Å². The van der Waals surface area contributed by atoms with Crippen molar-refractivity contribution in [1.29, 1.82) is 0 Å². The molecule has 1 atom stereocenters. The summed E-state index contributed by atoms with van der Waals surface area (Å²) in [5, 5.41) is 20.3. The van der Waals surface area contributed by atoms with Gasteiger partial charge in [0.25, 0.3) is 0 Å². The van der Waals surface area contributed by atoms with E-state index in [9.17, 15) is 5.11 Å². The molecule has 0 amide bonds. The molecule has 0 aliphatic rings. The fourth-order valence-electron chi connectivity index (χ4n) is 1.13. The minimum absolute atomic E-state index is 0.112. The van der Waals surface area contributed by atoms with Gasteiger partial charge in [-0.05, 0) is 33.8 Å². The summed E-state index contributed by atoms with van der Waals surface area (Å²) in [6, 6.07) is 1.75. The summed E-state index contributed by atoms with van der Waals surface area (Å²) < 4.78 is 0. The molecule has 0 spiro atoms. The molecule has 1 aromatic heterocycles. The van der Waals surface area contributed by atoms with E-state index < -0.39 is 6.10 Å². The SMILES string of the molecule is CC(O)c1cnnc(C(=S)NC(C)(C)C)c1. The second-order valence-corrected chi connectivity index (χ2v) is 5.16. The van der Waals surface area contributed by atoms with Gasteiger partial charge in [0, 0.05) is 11.1 Å². The first kappa shape index (κ1) is 13.0. The van der Waals surface area contributed by atoms with E-state index in [4.69, 9.17) is 12.2 Å². The number of thiocarbonyl (C=S) groups is 1. The molecule has 0 saturated heterocycles. The number of hydrogen-bond donors (Lipinski definition) is 2. The Morgan fingerprint density at radius 3 is 2.62 bits per heavy atom. The van der Waals surface area contributed by atoms with Gasteiger partial charge in [0.15, 0.2) is 0 Å². The van der Waals surface area contributed by atoms with Crippen molar-refractivity contribution in [2.24, 2.45) is 0 Å². The zero-order valence-corrected chi connectivity index (χ0v) is 10.8. The molecule has 0 radical (unpaired) electrons. The molecule has 4 nitrogen and oxygen atoms in total. The molecule has 0 fully saturated rings. The van der Waals surface area contributed by atoms with Crippen LogP contribution in [0.15, 0.2) is 12.3 Å². The van der Waals surface area contributed by atoms with E-state index in [-0.39, 0.29) is 5.54 Å². The van der Waals surface area contributed by atoms with Gasteiger partial charge in [-0.3, -0.25) is 0 Å². The summed E-state index contributed by atoms with van der Waals surface area (Å²) in [5.41, 5.74) is 1.19. The largest absolute Gasteiger partial charge is 0.389 e. The van der Waals surface area contributed by atoms with Crippen molar-refractivity contribution in [2.75, 3.05) is 0 Å². The lowest BCUT2D eigenvalue weighted by Crippen LogP contribution is -2.40. The van der Waals surface area contributed by atoms with E-state index in [1.807, 2.05) is 20.8 Å². The highest BCUT2D eigenvalue weighted by atomic mass is 32.1. The van der Waals surface area contributed by atoms with Crippen LogP contribution >= 0.6 is 12.2 Å². The lowest BCUT2D eigenvalue weighted by molar-refractivity contribution is 0.198. The van der Waals surface area contributed by atoms with Crippen LogP contribution in [0.1, 0.15) is 45.1 Å². The predicted molar refractivity (Wildman–Crippen MR) is 67.3 cm³/mol. The van der Waals surface area contributed by atoms with Gasteiger partial charge in [0.1, 0.15) is 10.7 Å². The quantitative estimate of drug-likeness (QED) is 0.768. The zero-order valence-electron chi connectivity index (χ0n) is 9.98. The Kier molecular flexibility index (Phi) is 3.93. The Balaban J connectivity index is 2.88. The van der Waals surface area contributed by atoms with Crippen LogP contribution in [-0.2, 0) is 0 Å². The lowest BCUT2D eigenvalue weighted by Gasteiger charge is -2.22. The average Bonchev–Trinajstić information content (AvgIpc) is 2.15. The van der Waals surface area contributed by atoms with Gasteiger partial charge in [-0.2, -0.15) is 5.10 Å². The summed E-state index contributed by atoms with van der Waals surface area (Å²) in [7, 11) is 0. The zero-order chi connectivity index (χ0) is 12.3. The van der Waals surface area contributed by atoms with E-state index >= 15 is 0 Å². The molecular weight excluding hydrogens is 222 g/mol. The molecule has 0 aliphatic heterocycles. The van der Waals surface area contributed by atoms with Gasteiger partial charge in [-0.25, -0.2) is 0 Å². The van der Waals surface area contributed by atoms with Gasteiger partial charge in [-0.15, -0.1) is 5.10 Å². The number of aliphatic hydroxyl groups is 1.